The lowest BCUT2D eigenvalue weighted by molar-refractivity contribution is 0.344. The molecule has 0 aliphatic heterocycles. The molecule has 164 valence electrons. The van der Waals surface area contributed by atoms with Crippen LogP contribution in [0.25, 0.3) is 47.4 Å². The standard InChI is InChI=1S/C25H21N5O2S/c1-5-18-16-11-14(12-19(32-6-2)21(16)25(31)29-28-18)17-13-27-30(4)23(17)24-22(26-3)15-9-7-8-10-20(15)33-24/h7-13H,5-6H2,1-2,4H3,(H,29,31). The second-order valence-electron chi connectivity index (χ2n) is 7.60. The first-order valence-corrected chi connectivity index (χ1v) is 11.5. The number of hydrogen-bond acceptors (Lipinski definition) is 5. The number of aryl methyl sites for hydroxylation is 2. The van der Waals surface area contributed by atoms with Crippen LogP contribution >= 0.6 is 11.3 Å². The number of aromatic amines is 1. The molecule has 0 unspecified atom stereocenters. The predicted molar refractivity (Wildman–Crippen MR) is 132 cm³/mol. The Hall–Kier alpha value is -3.96. The highest BCUT2D eigenvalue weighted by Gasteiger charge is 2.22. The summed E-state index contributed by atoms with van der Waals surface area (Å²) >= 11 is 1.58. The molecule has 0 fully saturated rings. The molecule has 33 heavy (non-hydrogen) atoms. The second kappa shape index (κ2) is 8.19. The van der Waals surface area contributed by atoms with E-state index in [4.69, 9.17) is 11.3 Å². The minimum absolute atomic E-state index is 0.275. The minimum Gasteiger partial charge on any atom is -0.493 e. The van der Waals surface area contributed by atoms with Crippen molar-refractivity contribution in [1.82, 2.24) is 20.0 Å². The van der Waals surface area contributed by atoms with Crippen LogP contribution in [0.3, 0.4) is 0 Å². The molecule has 0 saturated heterocycles. The molecule has 5 rings (SSSR count). The van der Waals surface area contributed by atoms with Crippen LogP contribution in [-0.4, -0.2) is 26.6 Å². The van der Waals surface area contributed by atoms with Crippen molar-refractivity contribution < 1.29 is 4.74 Å². The molecule has 5 aromatic rings. The van der Waals surface area contributed by atoms with E-state index in [9.17, 15) is 4.79 Å². The fourth-order valence-electron chi connectivity index (χ4n) is 4.23. The van der Waals surface area contributed by atoms with E-state index in [0.29, 0.717) is 29.9 Å². The molecule has 8 heteroatoms. The first-order chi connectivity index (χ1) is 16.1. The van der Waals surface area contributed by atoms with Gasteiger partial charge in [0.2, 0.25) is 5.69 Å². The Bertz CT molecular complexity index is 1620. The van der Waals surface area contributed by atoms with Gasteiger partial charge in [0.25, 0.3) is 5.56 Å². The Morgan fingerprint density at radius 2 is 2.03 bits per heavy atom. The summed E-state index contributed by atoms with van der Waals surface area (Å²) in [6, 6.07) is 11.8. The summed E-state index contributed by atoms with van der Waals surface area (Å²) in [6.45, 7) is 12.2. The summed E-state index contributed by atoms with van der Waals surface area (Å²) in [5.41, 5.74) is 3.74. The molecule has 0 atom stereocenters. The van der Waals surface area contributed by atoms with Crippen molar-refractivity contribution in [2.24, 2.45) is 7.05 Å². The quantitative estimate of drug-likeness (QED) is 0.344. The van der Waals surface area contributed by atoms with Gasteiger partial charge in [0.15, 0.2) is 0 Å². The zero-order valence-electron chi connectivity index (χ0n) is 18.5. The van der Waals surface area contributed by atoms with Gasteiger partial charge in [-0.25, -0.2) is 9.94 Å². The van der Waals surface area contributed by atoms with E-state index in [-0.39, 0.29) is 5.56 Å². The van der Waals surface area contributed by atoms with Crippen LogP contribution in [-0.2, 0) is 13.5 Å². The molecule has 0 aliphatic carbocycles. The van der Waals surface area contributed by atoms with Gasteiger partial charge in [0.05, 0.1) is 41.0 Å². The van der Waals surface area contributed by atoms with Crippen LogP contribution in [0.4, 0.5) is 5.69 Å². The average molecular weight is 456 g/mol. The highest BCUT2D eigenvalue weighted by Crippen LogP contribution is 2.47. The molecular weight excluding hydrogens is 434 g/mol. The van der Waals surface area contributed by atoms with Crippen LogP contribution in [0.1, 0.15) is 19.5 Å². The monoisotopic (exact) mass is 455 g/mol. The van der Waals surface area contributed by atoms with Gasteiger partial charge in [-0.05, 0) is 42.5 Å². The summed E-state index contributed by atoms with van der Waals surface area (Å²) in [7, 11) is 1.88. The van der Waals surface area contributed by atoms with Crippen molar-refractivity contribution >= 4 is 37.9 Å². The largest absolute Gasteiger partial charge is 0.493 e. The lowest BCUT2D eigenvalue weighted by Gasteiger charge is -2.13. The first kappa shape index (κ1) is 20.9. The zero-order valence-corrected chi connectivity index (χ0v) is 19.3. The Kier molecular flexibility index (Phi) is 5.19. The van der Waals surface area contributed by atoms with Gasteiger partial charge in [0.1, 0.15) is 5.75 Å². The maximum absolute atomic E-state index is 12.6. The molecule has 0 radical (unpaired) electrons. The van der Waals surface area contributed by atoms with E-state index in [0.717, 1.165) is 42.9 Å². The van der Waals surface area contributed by atoms with Gasteiger partial charge in [0, 0.05) is 22.7 Å². The van der Waals surface area contributed by atoms with E-state index >= 15 is 0 Å². The van der Waals surface area contributed by atoms with Gasteiger partial charge in [-0.15, -0.1) is 11.3 Å². The highest BCUT2D eigenvalue weighted by atomic mass is 32.1. The van der Waals surface area contributed by atoms with Gasteiger partial charge >= 0.3 is 0 Å². The van der Waals surface area contributed by atoms with Gasteiger partial charge in [-0.3, -0.25) is 9.48 Å². The Morgan fingerprint density at radius 3 is 2.79 bits per heavy atom. The van der Waals surface area contributed by atoms with E-state index < -0.39 is 0 Å². The maximum atomic E-state index is 12.6. The maximum Gasteiger partial charge on any atom is 0.275 e. The lowest BCUT2D eigenvalue weighted by atomic mass is 9.99. The molecule has 1 N–H and O–H groups in total. The molecule has 3 heterocycles. The van der Waals surface area contributed by atoms with Crippen LogP contribution in [0.5, 0.6) is 5.75 Å². The van der Waals surface area contributed by atoms with Gasteiger partial charge in [-0.2, -0.15) is 10.2 Å². The summed E-state index contributed by atoms with van der Waals surface area (Å²) in [4.78, 5) is 17.4. The first-order valence-electron chi connectivity index (χ1n) is 10.7. The SMILES string of the molecule is [C-]#[N+]c1c(-c2c(-c3cc(OCC)c4c(=O)[nH]nc(CC)c4c3)cnn2C)sc2ccccc12. The van der Waals surface area contributed by atoms with Crippen LogP contribution < -0.4 is 10.3 Å². The third-order valence-electron chi connectivity index (χ3n) is 5.71. The molecule has 2 aromatic carbocycles. The molecule has 0 saturated carbocycles. The number of ether oxygens (including phenoxy) is 1. The Labute approximate surface area is 194 Å². The number of H-pyrrole nitrogens is 1. The summed E-state index contributed by atoms with van der Waals surface area (Å²) in [6.07, 6.45) is 2.47. The Balaban J connectivity index is 1.83. The topological polar surface area (TPSA) is 77.2 Å². The summed E-state index contributed by atoms with van der Waals surface area (Å²) in [5.74, 6) is 0.514. The van der Waals surface area contributed by atoms with E-state index in [1.54, 1.807) is 22.2 Å². The normalized spacial score (nSPS) is 11.2. The zero-order chi connectivity index (χ0) is 23.1. The Morgan fingerprint density at radius 1 is 1.21 bits per heavy atom. The smallest absolute Gasteiger partial charge is 0.275 e. The number of aromatic nitrogens is 4. The minimum atomic E-state index is -0.275. The van der Waals surface area contributed by atoms with Crippen molar-refractivity contribution in [2.75, 3.05) is 6.61 Å². The van der Waals surface area contributed by atoms with E-state index in [1.165, 1.54) is 0 Å². The number of nitrogens with zero attached hydrogens (tertiary/aromatic N) is 4. The fraction of sp³-hybridized carbons (Fsp3) is 0.200. The lowest BCUT2D eigenvalue weighted by Crippen LogP contribution is -2.12. The van der Waals surface area contributed by atoms with Crippen LogP contribution in [0, 0.1) is 6.57 Å². The molecule has 0 aliphatic rings. The molecule has 0 spiro atoms. The van der Waals surface area contributed by atoms with Crippen molar-refractivity contribution in [1.29, 1.82) is 0 Å². The number of fused-ring (bicyclic) bond motifs is 2. The number of thiophene rings is 1. The third-order valence-corrected chi connectivity index (χ3v) is 6.88. The summed E-state index contributed by atoms with van der Waals surface area (Å²) < 4.78 is 8.75. The van der Waals surface area contributed by atoms with Crippen molar-refractivity contribution in [3.63, 3.8) is 0 Å². The highest BCUT2D eigenvalue weighted by molar-refractivity contribution is 7.23. The molecule has 7 nitrogen and oxygen atoms in total. The van der Waals surface area contributed by atoms with Gasteiger partial charge in [-0.1, -0.05) is 25.1 Å². The number of hydrogen-bond donors (Lipinski definition) is 1. The van der Waals surface area contributed by atoms with Crippen LogP contribution in [0.15, 0.2) is 47.4 Å². The molecule has 0 bridgehead atoms. The van der Waals surface area contributed by atoms with Gasteiger partial charge < -0.3 is 4.74 Å². The number of nitrogens with one attached hydrogen (secondary N) is 1. The summed E-state index contributed by atoms with van der Waals surface area (Å²) in [5, 5.41) is 13.6. The molecule has 0 amide bonds. The van der Waals surface area contributed by atoms with Crippen molar-refractivity contribution in [3.05, 3.63) is 70.1 Å². The molecule has 3 aromatic heterocycles. The average Bonchev–Trinajstić information content (AvgIpc) is 3.38. The predicted octanol–water partition coefficient (Wildman–Crippen LogP) is 5.72. The second-order valence-corrected chi connectivity index (χ2v) is 8.65. The number of rotatable bonds is 5. The third kappa shape index (κ3) is 3.29. The fourth-order valence-corrected chi connectivity index (χ4v) is 5.46. The number of benzene rings is 2. The van der Waals surface area contributed by atoms with Crippen molar-refractivity contribution in [3.8, 4) is 27.4 Å². The van der Waals surface area contributed by atoms with E-state index in [1.807, 2.05) is 57.3 Å². The van der Waals surface area contributed by atoms with E-state index in [2.05, 4.69) is 20.1 Å². The van der Waals surface area contributed by atoms with Crippen LogP contribution in [0.2, 0.25) is 0 Å². The molecular formula is C25H21N5O2S. The van der Waals surface area contributed by atoms with Crippen molar-refractivity contribution in [2.45, 2.75) is 20.3 Å².